The van der Waals surface area contributed by atoms with E-state index in [-0.39, 0.29) is 11.9 Å². The van der Waals surface area contributed by atoms with Crippen molar-refractivity contribution in [3.05, 3.63) is 34.9 Å². The Labute approximate surface area is 128 Å². The number of carbonyl (C=O) groups is 2. The predicted octanol–water partition coefficient (Wildman–Crippen LogP) is 2.15. The van der Waals surface area contributed by atoms with Crippen molar-refractivity contribution in [2.75, 3.05) is 18.5 Å². The number of likely N-dealkylation sites (N-methyl/N-ethyl adjacent to an activating group) is 1. The van der Waals surface area contributed by atoms with Crippen molar-refractivity contribution in [2.45, 2.75) is 18.9 Å². The van der Waals surface area contributed by atoms with Gasteiger partial charge in [-0.1, -0.05) is 11.6 Å². The van der Waals surface area contributed by atoms with E-state index in [9.17, 15) is 9.59 Å². The van der Waals surface area contributed by atoms with Gasteiger partial charge in [0.15, 0.2) is 0 Å². The van der Waals surface area contributed by atoms with Crippen molar-refractivity contribution in [1.29, 1.82) is 0 Å². The minimum absolute atomic E-state index is 0.0318. The molecule has 1 amide bonds. The summed E-state index contributed by atoms with van der Waals surface area (Å²) in [6, 6.07) is 5.04. The van der Waals surface area contributed by atoms with Crippen LogP contribution in [0.4, 0.5) is 5.69 Å². The van der Waals surface area contributed by atoms with E-state index in [1.807, 2.05) is 11.0 Å². The molecule has 0 saturated carbocycles. The zero-order valence-electron chi connectivity index (χ0n) is 11.7. The van der Waals surface area contributed by atoms with Crippen LogP contribution in [0.15, 0.2) is 24.3 Å². The molecule has 1 atom stereocenters. The second-order valence-electron chi connectivity index (χ2n) is 4.84. The van der Waals surface area contributed by atoms with Gasteiger partial charge in [-0.3, -0.25) is 4.79 Å². The van der Waals surface area contributed by atoms with Crippen LogP contribution in [0, 0.1) is 0 Å². The van der Waals surface area contributed by atoms with E-state index in [1.54, 1.807) is 19.2 Å². The van der Waals surface area contributed by atoms with Gasteiger partial charge in [-0.15, -0.1) is 0 Å². The number of carboxylic acid groups (broad SMARTS) is 1. The Bertz CT molecular complexity index is 586. The minimum atomic E-state index is -1.02. The first-order chi connectivity index (χ1) is 10.0. The molecule has 1 saturated heterocycles. The number of hydrogen-bond acceptors (Lipinski definition) is 3. The fourth-order valence-corrected chi connectivity index (χ4v) is 2.76. The van der Waals surface area contributed by atoms with Crippen molar-refractivity contribution in [3.63, 3.8) is 0 Å². The maximum atomic E-state index is 12.0. The molecule has 2 rings (SSSR count). The average Bonchev–Trinajstić information content (AvgIpc) is 2.93. The molecule has 2 N–H and O–H groups in total. The lowest BCUT2D eigenvalue weighted by Gasteiger charge is -2.27. The number of anilines is 1. The van der Waals surface area contributed by atoms with Crippen molar-refractivity contribution >= 4 is 35.2 Å². The van der Waals surface area contributed by atoms with Gasteiger partial charge in [-0.05, 0) is 42.7 Å². The summed E-state index contributed by atoms with van der Waals surface area (Å²) in [6.07, 6.45) is 4.27. The molecule has 1 aliphatic heterocycles. The lowest BCUT2D eigenvalue weighted by molar-refractivity contribution is -0.131. The molecule has 1 fully saturated rings. The maximum absolute atomic E-state index is 12.0. The zero-order chi connectivity index (χ0) is 15.4. The highest BCUT2D eigenvalue weighted by molar-refractivity contribution is 6.30. The number of nitrogens with zero attached hydrogens (tertiary/aromatic N) is 1. The molecule has 1 heterocycles. The summed E-state index contributed by atoms with van der Waals surface area (Å²) in [5.41, 5.74) is 1.52. The first-order valence-corrected chi connectivity index (χ1v) is 7.09. The van der Waals surface area contributed by atoms with Gasteiger partial charge in [0.25, 0.3) is 0 Å². The van der Waals surface area contributed by atoms with Gasteiger partial charge < -0.3 is 15.3 Å². The molecule has 0 spiro atoms. The molecule has 0 bridgehead atoms. The Morgan fingerprint density at radius 3 is 2.90 bits per heavy atom. The van der Waals surface area contributed by atoms with E-state index in [1.165, 1.54) is 6.08 Å². The van der Waals surface area contributed by atoms with Gasteiger partial charge in [-0.25, -0.2) is 4.79 Å². The lowest BCUT2D eigenvalue weighted by atomic mass is 10.1. The minimum Gasteiger partial charge on any atom is -0.478 e. The number of carboxylic acids is 1. The summed E-state index contributed by atoms with van der Waals surface area (Å²) in [4.78, 5) is 24.7. The fraction of sp³-hybridized carbons (Fsp3) is 0.333. The maximum Gasteiger partial charge on any atom is 0.328 e. The zero-order valence-corrected chi connectivity index (χ0v) is 12.4. The highest BCUT2D eigenvalue weighted by Gasteiger charge is 2.31. The molecule has 1 aromatic rings. The van der Waals surface area contributed by atoms with Crippen LogP contribution in [0.3, 0.4) is 0 Å². The smallest absolute Gasteiger partial charge is 0.328 e. The second kappa shape index (κ2) is 6.63. The topological polar surface area (TPSA) is 69.6 Å². The molecule has 0 aliphatic carbocycles. The summed E-state index contributed by atoms with van der Waals surface area (Å²) < 4.78 is 0. The van der Waals surface area contributed by atoms with Crippen LogP contribution in [0.25, 0.3) is 6.08 Å². The Kier molecular flexibility index (Phi) is 4.85. The standard InChI is InChI=1S/C15H17ClN2O3/c1-17-15(21)13-3-2-8-18(13)12-6-5-11(16)9-10(12)4-7-14(19)20/h4-7,9,13H,2-3,8H2,1H3,(H,17,21)(H,19,20)/b7-4+. The molecule has 1 aromatic carbocycles. The SMILES string of the molecule is CNC(=O)C1CCCN1c1ccc(Cl)cc1/C=C/C(=O)O. The number of benzene rings is 1. The van der Waals surface area contributed by atoms with Crippen LogP contribution in [0.2, 0.25) is 5.02 Å². The van der Waals surface area contributed by atoms with Gasteiger partial charge in [0, 0.05) is 30.4 Å². The van der Waals surface area contributed by atoms with E-state index in [2.05, 4.69) is 5.32 Å². The van der Waals surface area contributed by atoms with Crippen molar-refractivity contribution in [1.82, 2.24) is 5.32 Å². The van der Waals surface area contributed by atoms with Crippen LogP contribution < -0.4 is 10.2 Å². The summed E-state index contributed by atoms with van der Waals surface area (Å²) in [7, 11) is 1.62. The van der Waals surface area contributed by atoms with Gasteiger partial charge in [0.2, 0.25) is 5.91 Å². The molecule has 1 aliphatic rings. The van der Waals surface area contributed by atoms with Gasteiger partial charge in [0.05, 0.1) is 0 Å². The van der Waals surface area contributed by atoms with E-state index < -0.39 is 5.97 Å². The summed E-state index contributed by atoms with van der Waals surface area (Å²) >= 11 is 5.99. The Morgan fingerprint density at radius 1 is 1.48 bits per heavy atom. The molecular formula is C15H17ClN2O3. The van der Waals surface area contributed by atoms with Gasteiger partial charge >= 0.3 is 5.97 Å². The van der Waals surface area contributed by atoms with Gasteiger partial charge in [-0.2, -0.15) is 0 Å². The number of aliphatic carboxylic acids is 1. The van der Waals surface area contributed by atoms with Crippen LogP contribution >= 0.6 is 11.6 Å². The first-order valence-electron chi connectivity index (χ1n) is 6.71. The highest BCUT2D eigenvalue weighted by Crippen LogP contribution is 2.31. The van der Waals surface area contributed by atoms with Crippen molar-refractivity contribution in [2.24, 2.45) is 0 Å². The van der Waals surface area contributed by atoms with Crippen molar-refractivity contribution < 1.29 is 14.7 Å². The first kappa shape index (κ1) is 15.4. The van der Waals surface area contributed by atoms with E-state index in [0.29, 0.717) is 10.6 Å². The number of rotatable bonds is 4. The van der Waals surface area contributed by atoms with Crippen LogP contribution in [0.1, 0.15) is 18.4 Å². The lowest BCUT2D eigenvalue weighted by Crippen LogP contribution is -2.42. The Balaban J connectivity index is 2.38. The Morgan fingerprint density at radius 2 is 2.24 bits per heavy atom. The largest absolute Gasteiger partial charge is 0.478 e. The van der Waals surface area contributed by atoms with E-state index >= 15 is 0 Å². The monoisotopic (exact) mass is 308 g/mol. The van der Waals surface area contributed by atoms with Crippen LogP contribution in [0.5, 0.6) is 0 Å². The number of hydrogen-bond donors (Lipinski definition) is 2. The summed E-state index contributed by atoms with van der Waals surface area (Å²) in [5, 5.41) is 12.0. The number of carbonyl (C=O) groups excluding carboxylic acids is 1. The quantitative estimate of drug-likeness (QED) is 0.836. The van der Waals surface area contributed by atoms with Crippen LogP contribution in [-0.2, 0) is 9.59 Å². The third-order valence-corrected chi connectivity index (χ3v) is 3.74. The summed E-state index contributed by atoms with van der Waals surface area (Å²) in [5.74, 6) is -1.05. The normalized spacial score (nSPS) is 18.2. The van der Waals surface area contributed by atoms with Crippen LogP contribution in [-0.4, -0.2) is 36.6 Å². The predicted molar refractivity (Wildman–Crippen MR) is 82.6 cm³/mol. The molecule has 6 heteroatoms. The number of halogens is 1. The molecule has 1 unspecified atom stereocenters. The van der Waals surface area contributed by atoms with E-state index in [4.69, 9.17) is 16.7 Å². The molecule has 5 nitrogen and oxygen atoms in total. The van der Waals surface area contributed by atoms with Gasteiger partial charge in [0.1, 0.15) is 6.04 Å². The third kappa shape index (κ3) is 3.55. The average molecular weight is 309 g/mol. The molecular weight excluding hydrogens is 292 g/mol. The molecule has 0 radical (unpaired) electrons. The molecule has 0 aromatic heterocycles. The highest BCUT2D eigenvalue weighted by atomic mass is 35.5. The second-order valence-corrected chi connectivity index (χ2v) is 5.28. The Hall–Kier alpha value is -2.01. The molecule has 112 valence electrons. The summed E-state index contributed by atoms with van der Waals surface area (Å²) in [6.45, 7) is 0.758. The number of nitrogens with one attached hydrogen (secondary N) is 1. The molecule has 21 heavy (non-hydrogen) atoms. The third-order valence-electron chi connectivity index (χ3n) is 3.51. The van der Waals surface area contributed by atoms with E-state index in [0.717, 1.165) is 31.1 Å². The number of amides is 1. The fourth-order valence-electron chi connectivity index (χ4n) is 2.58. The van der Waals surface area contributed by atoms with Crippen molar-refractivity contribution in [3.8, 4) is 0 Å².